The molecule has 0 fully saturated rings. The second kappa shape index (κ2) is 10.4. The van der Waals surface area contributed by atoms with E-state index in [9.17, 15) is 8.78 Å². The second-order valence-electron chi connectivity index (χ2n) is 6.50. The van der Waals surface area contributed by atoms with Crippen molar-refractivity contribution < 1.29 is 8.78 Å². The van der Waals surface area contributed by atoms with Crippen LogP contribution in [0.2, 0.25) is 0 Å². The number of H-pyrrole nitrogens is 1. The Morgan fingerprint density at radius 1 is 1.14 bits per heavy atom. The number of nitrogens with one attached hydrogen (secondary N) is 3. The quantitative estimate of drug-likeness (QED) is 0.196. The third-order valence-electron chi connectivity index (χ3n) is 4.61. The Morgan fingerprint density at radius 2 is 1.93 bits per heavy atom. The second-order valence-corrected chi connectivity index (χ2v) is 6.50. The van der Waals surface area contributed by atoms with Crippen molar-refractivity contribution in [2.45, 2.75) is 25.8 Å². The number of nitrogens with zero attached hydrogens (tertiary/aromatic N) is 1. The van der Waals surface area contributed by atoms with E-state index in [1.807, 2.05) is 19.1 Å². The van der Waals surface area contributed by atoms with E-state index < -0.39 is 11.6 Å². The van der Waals surface area contributed by atoms with Crippen molar-refractivity contribution in [3.8, 4) is 0 Å². The highest BCUT2D eigenvalue weighted by atomic mass is 127. The number of aromatic amines is 1. The highest BCUT2D eigenvalue weighted by Crippen LogP contribution is 2.19. The minimum Gasteiger partial charge on any atom is -0.361 e. The Morgan fingerprint density at radius 3 is 2.68 bits per heavy atom. The van der Waals surface area contributed by atoms with Gasteiger partial charge in [0.15, 0.2) is 17.6 Å². The van der Waals surface area contributed by atoms with Crippen LogP contribution in [0.4, 0.5) is 8.78 Å². The van der Waals surface area contributed by atoms with Gasteiger partial charge in [-0.3, -0.25) is 4.99 Å². The summed E-state index contributed by atoms with van der Waals surface area (Å²) in [5, 5.41) is 7.72. The largest absolute Gasteiger partial charge is 0.361 e. The molecule has 1 heterocycles. The van der Waals surface area contributed by atoms with Crippen molar-refractivity contribution in [1.29, 1.82) is 0 Å². The van der Waals surface area contributed by atoms with E-state index in [-0.39, 0.29) is 30.0 Å². The molecule has 2 aromatic carbocycles. The van der Waals surface area contributed by atoms with E-state index in [0.717, 1.165) is 31.0 Å². The number of aromatic nitrogens is 1. The average Bonchev–Trinajstić information content (AvgIpc) is 3.09. The standard InChI is InChI=1S/C21H24F2N4.HI/c1-14(15-9-10-18(22)19(23)12-15)27-21(24-2)25-11-5-6-16-13-26-20-8-4-3-7-17(16)20;/h3-4,7-10,12-14,26H,5-6,11H2,1-2H3,(H2,24,25,27);1H. The van der Waals surface area contributed by atoms with Crippen molar-refractivity contribution >= 4 is 40.8 Å². The van der Waals surface area contributed by atoms with E-state index in [1.54, 1.807) is 13.1 Å². The molecular formula is C21H25F2IN4. The first kappa shape index (κ1) is 22.1. The molecule has 150 valence electrons. The van der Waals surface area contributed by atoms with Gasteiger partial charge in [-0.25, -0.2) is 8.78 Å². The molecule has 1 unspecified atom stereocenters. The molecule has 0 aliphatic carbocycles. The van der Waals surface area contributed by atoms with Gasteiger partial charge in [0.2, 0.25) is 0 Å². The van der Waals surface area contributed by atoms with E-state index in [1.165, 1.54) is 17.0 Å². The molecule has 0 spiro atoms. The maximum absolute atomic E-state index is 13.4. The molecule has 0 aliphatic rings. The summed E-state index contributed by atoms with van der Waals surface area (Å²) in [6.07, 6.45) is 3.96. The van der Waals surface area contributed by atoms with Crippen LogP contribution in [-0.4, -0.2) is 24.5 Å². The smallest absolute Gasteiger partial charge is 0.191 e. The fourth-order valence-electron chi connectivity index (χ4n) is 3.09. The van der Waals surface area contributed by atoms with Crippen LogP contribution in [-0.2, 0) is 6.42 Å². The lowest BCUT2D eigenvalue weighted by molar-refractivity contribution is 0.504. The molecule has 0 aliphatic heterocycles. The third-order valence-corrected chi connectivity index (χ3v) is 4.61. The first-order valence-electron chi connectivity index (χ1n) is 9.05. The molecule has 0 radical (unpaired) electrons. The van der Waals surface area contributed by atoms with Crippen LogP contribution in [0.25, 0.3) is 10.9 Å². The fraction of sp³-hybridized carbons (Fsp3) is 0.286. The Hall–Kier alpha value is -2.16. The van der Waals surface area contributed by atoms with Gasteiger partial charge in [0.1, 0.15) is 0 Å². The molecule has 1 atom stereocenters. The summed E-state index contributed by atoms with van der Waals surface area (Å²) in [7, 11) is 1.69. The molecule has 4 nitrogen and oxygen atoms in total. The lowest BCUT2D eigenvalue weighted by Crippen LogP contribution is -2.39. The van der Waals surface area contributed by atoms with Crippen molar-refractivity contribution in [1.82, 2.24) is 15.6 Å². The van der Waals surface area contributed by atoms with Gasteiger partial charge in [-0.15, -0.1) is 24.0 Å². The van der Waals surface area contributed by atoms with Crippen molar-refractivity contribution in [3.63, 3.8) is 0 Å². The van der Waals surface area contributed by atoms with Crippen LogP contribution >= 0.6 is 24.0 Å². The predicted molar refractivity (Wildman–Crippen MR) is 121 cm³/mol. The van der Waals surface area contributed by atoms with E-state index in [4.69, 9.17) is 0 Å². The number of rotatable bonds is 6. The summed E-state index contributed by atoms with van der Waals surface area (Å²) < 4.78 is 26.5. The number of para-hydroxylation sites is 1. The number of aliphatic imine (C=N–C) groups is 1. The summed E-state index contributed by atoms with van der Waals surface area (Å²) >= 11 is 0. The molecule has 0 saturated carbocycles. The average molecular weight is 498 g/mol. The molecule has 7 heteroatoms. The number of hydrogen-bond donors (Lipinski definition) is 3. The first-order chi connectivity index (χ1) is 13.1. The van der Waals surface area contributed by atoms with Gasteiger partial charge in [0.05, 0.1) is 6.04 Å². The van der Waals surface area contributed by atoms with Crippen LogP contribution in [0, 0.1) is 11.6 Å². The van der Waals surface area contributed by atoms with Crippen molar-refractivity contribution in [2.75, 3.05) is 13.6 Å². The monoisotopic (exact) mass is 498 g/mol. The fourth-order valence-corrected chi connectivity index (χ4v) is 3.09. The minimum absolute atomic E-state index is 0. The molecular weight excluding hydrogens is 473 g/mol. The highest BCUT2D eigenvalue weighted by molar-refractivity contribution is 14.0. The summed E-state index contributed by atoms with van der Waals surface area (Å²) in [4.78, 5) is 7.49. The van der Waals surface area contributed by atoms with Gasteiger partial charge in [0.25, 0.3) is 0 Å². The number of halogens is 3. The van der Waals surface area contributed by atoms with E-state index in [0.29, 0.717) is 11.5 Å². The SMILES string of the molecule is CN=C(NCCCc1c[nH]c2ccccc12)NC(C)c1ccc(F)c(F)c1.I. The molecule has 0 saturated heterocycles. The molecule has 1 aromatic heterocycles. The molecule has 3 rings (SSSR count). The predicted octanol–water partition coefficient (Wildman–Crippen LogP) is 4.92. The molecule has 28 heavy (non-hydrogen) atoms. The van der Waals surface area contributed by atoms with Crippen LogP contribution in [0.1, 0.15) is 30.5 Å². The van der Waals surface area contributed by atoms with Crippen LogP contribution in [0.15, 0.2) is 53.7 Å². The topological polar surface area (TPSA) is 52.2 Å². The summed E-state index contributed by atoms with van der Waals surface area (Å²) in [6, 6.07) is 12.0. The van der Waals surface area contributed by atoms with Crippen LogP contribution in [0.3, 0.4) is 0 Å². The Kier molecular flexibility index (Phi) is 8.22. The third kappa shape index (κ3) is 5.43. The van der Waals surface area contributed by atoms with E-state index >= 15 is 0 Å². The lowest BCUT2D eigenvalue weighted by Gasteiger charge is -2.18. The lowest BCUT2D eigenvalue weighted by atomic mass is 10.1. The van der Waals surface area contributed by atoms with Gasteiger partial charge in [-0.05, 0) is 49.1 Å². The number of benzene rings is 2. The molecule has 0 bridgehead atoms. The zero-order chi connectivity index (χ0) is 19.2. The minimum atomic E-state index is -0.845. The maximum atomic E-state index is 13.4. The summed E-state index contributed by atoms with van der Waals surface area (Å²) in [5.41, 5.74) is 3.11. The Bertz CT molecular complexity index is 939. The molecule has 3 N–H and O–H groups in total. The summed E-state index contributed by atoms with van der Waals surface area (Å²) in [6.45, 7) is 2.63. The van der Waals surface area contributed by atoms with Gasteiger partial charge < -0.3 is 15.6 Å². The number of aryl methyl sites for hydroxylation is 1. The number of hydrogen-bond acceptors (Lipinski definition) is 1. The Labute approximate surface area is 180 Å². The normalized spacial score (nSPS) is 12.5. The van der Waals surface area contributed by atoms with Gasteiger partial charge in [-0.2, -0.15) is 0 Å². The van der Waals surface area contributed by atoms with Gasteiger partial charge in [-0.1, -0.05) is 24.3 Å². The zero-order valence-corrected chi connectivity index (χ0v) is 18.3. The Balaban J connectivity index is 0.00000280. The van der Waals surface area contributed by atoms with E-state index in [2.05, 4.69) is 38.9 Å². The molecule has 3 aromatic rings. The van der Waals surface area contributed by atoms with Crippen LogP contribution < -0.4 is 10.6 Å². The molecule has 0 amide bonds. The number of fused-ring (bicyclic) bond motifs is 1. The van der Waals surface area contributed by atoms with Gasteiger partial charge in [0, 0.05) is 30.7 Å². The summed E-state index contributed by atoms with van der Waals surface area (Å²) in [5.74, 6) is -1.06. The highest BCUT2D eigenvalue weighted by Gasteiger charge is 2.11. The van der Waals surface area contributed by atoms with Gasteiger partial charge >= 0.3 is 0 Å². The van der Waals surface area contributed by atoms with Crippen LogP contribution in [0.5, 0.6) is 0 Å². The van der Waals surface area contributed by atoms with Crippen molar-refractivity contribution in [2.24, 2.45) is 4.99 Å². The maximum Gasteiger partial charge on any atom is 0.191 e. The van der Waals surface area contributed by atoms with Crippen molar-refractivity contribution in [3.05, 3.63) is 71.4 Å². The first-order valence-corrected chi connectivity index (χ1v) is 9.05. The number of guanidine groups is 1. The zero-order valence-electron chi connectivity index (χ0n) is 15.9.